The molecule has 0 aliphatic heterocycles. The monoisotopic (exact) mass is 221 g/mol. The van der Waals surface area contributed by atoms with Crippen LogP contribution in [-0.2, 0) is 0 Å². The Kier molecular flexibility index (Phi) is 3.08. The van der Waals surface area contributed by atoms with Gasteiger partial charge in [0.05, 0.1) is 4.92 Å². The molecule has 8 heteroatoms. The number of hydrogen-bond acceptors (Lipinski definition) is 4. The second kappa shape index (κ2) is 4.11. The van der Waals surface area contributed by atoms with Crippen molar-refractivity contribution in [2.45, 2.75) is 6.18 Å². The van der Waals surface area contributed by atoms with Gasteiger partial charge in [0.25, 0.3) is 0 Å². The largest absolute Gasteiger partial charge is 0.405 e. The Labute approximate surface area is 82.1 Å². The van der Waals surface area contributed by atoms with Crippen molar-refractivity contribution in [2.24, 2.45) is 0 Å². The maximum Gasteiger partial charge on any atom is 0.405 e. The van der Waals surface area contributed by atoms with Crippen molar-refractivity contribution < 1.29 is 18.1 Å². The Morgan fingerprint density at radius 1 is 1.53 bits per heavy atom. The smallest absolute Gasteiger partial charge is 0.355 e. The molecule has 0 fully saturated rings. The molecule has 5 nitrogen and oxygen atoms in total. The predicted octanol–water partition coefficient (Wildman–Crippen LogP) is 1.96. The van der Waals surface area contributed by atoms with E-state index >= 15 is 0 Å². The highest BCUT2D eigenvalue weighted by Crippen LogP contribution is 2.22. The van der Waals surface area contributed by atoms with E-state index in [4.69, 9.17) is 0 Å². The van der Waals surface area contributed by atoms with Gasteiger partial charge in [0.1, 0.15) is 6.54 Å². The Morgan fingerprint density at radius 2 is 2.20 bits per heavy atom. The van der Waals surface area contributed by atoms with E-state index in [9.17, 15) is 23.3 Å². The fraction of sp³-hybridized carbons (Fsp3) is 0.286. The molecule has 1 N–H and O–H groups in total. The quantitative estimate of drug-likeness (QED) is 0.625. The van der Waals surface area contributed by atoms with E-state index in [-0.39, 0.29) is 5.82 Å². The van der Waals surface area contributed by atoms with E-state index in [1.807, 2.05) is 5.32 Å². The number of nitro groups is 1. The van der Waals surface area contributed by atoms with Crippen LogP contribution in [0.5, 0.6) is 0 Å². The first-order valence-electron chi connectivity index (χ1n) is 3.80. The molecule has 0 aromatic carbocycles. The summed E-state index contributed by atoms with van der Waals surface area (Å²) >= 11 is 0. The van der Waals surface area contributed by atoms with Gasteiger partial charge in [0.2, 0.25) is 5.82 Å². The molecule has 0 spiro atoms. The molecule has 82 valence electrons. The maximum atomic E-state index is 11.8. The summed E-state index contributed by atoms with van der Waals surface area (Å²) in [4.78, 5) is 13.0. The molecule has 1 aromatic rings. The zero-order valence-corrected chi connectivity index (χ0v) is 7.28. The minimum absolute atomic E-state index is 0.389. The molecule has 0 amide bonds. The summed E-state index contributed by atoms with van der Waals surface area (Å²) < 4.78 is 35.4. The van der Waals surface area contributed by atoms with Gasteiger partial charge in [-0.1, -0.05) is 0 Å². The number of rotatable bonds is 3. The summed E-state index contributed by atoms with van der Waals surface area (Å²) in [6, 6.07) is 2.35. The third-order valence-corrected chi connectivity index (χ3v) is 1.44. The highest BCUT2D eigenvalue weighted by molar-refractivity contribution is 5.55. The second-order valence-corrected chi connectivity index (χ2v) is 2.60. The fourth-order valence-electron chi connectivity index (χ4n) is 0.864. The lowest BCUT2D eigenvalue weighted by Crippen LogP contribution is -2.22. The number of pyridine rings is 1. The Bertz CT molecular complexity index is 367. The first-order valence-corrected chi connectivity index (χ1v) is 3.80. The molecule has 0 aliphatic carbocycles. The van der Waals surface area contributed by atoms with Gasteiger partial charge >= 0.3 is 11.9 Å². The minimum atomic E-state index is -4.44. The average molecular weight is 221 g/mol. The SMILES string of the molecule is O=[N+]([O-])c1cccnc1NCC(F)(F)F. The van der Waals surface area contributed by atoms with Gasteiger partial charge < -0.3 is 5.32 Å². The lowest BCUT2D eigenvalue weighted by molar-refractivity contribution is -0.384. The number of anilines is 1. The number of halogens is 3. The van der Waals surface area contributed by atoms with Crippen LogP contribution in [0.25, 0.3) is 0 Å². The molecule has 0 saturated carbocycles. The summed E-state index contributed by atoms with van der Waals surface area (Å²) in [7, 11) is 0. The normalized spacial score (nSPS) is 11.1. The zero-order valence-electron chi connectivity index (χ0n) is 7.28. The summed E-state index contributed by atoms with van der Waals surface area (Å²) in [6.07, 6.45) is -3.27. The van der Waals surface area contributed by atoms with Crippen LogP contribution in [0.3, 0.4) is 0 Å². The van der Waals surface area contributed by atoms with E-state index in [1.54, 1.807) is 0 Å². The first kappa shape index (κ1) is 11.2. The van der Waals surface area contributed by atoms with Gasteiger partial charge in [-0.25, -0.2) is 4.98 Å². The number of nitrogens with zero attached hydrogens (tertiary/aromatic N) is 2. The van der Waals surface area contributed by atoms with E-state index in [2.05, 4.69) is 4.98 Å². The molecule has 1 aromatic heterocycles. The van der Waals surface area contributed by atoms with Crippen LogP contribution in [-0.4, -0.2) is 22.6 Å². The molecule has 0 saturated heterocycles. The summed E-state index contributed by atoms with van der Waals surface area (Å²) in [5, 5.41) is 12.2. The Hall–Kier alpha value is -1.86. The summed E-state index contributed by atoms with van der Waals surface area (Å²) in [5.41, 5.74) is -0.484. The van der Waals surface area contributed by atoms with Gasteiger partial charge in [-0.3, -0.25) is 10.1 Å². The fourth-order valence-corrected chi connectivity index (χ4v) is 0.864. The number of nitrogens with one attached hydrogen (secondary N) is 1. The standard InChI is InChI=1S/C7H6F3N3O2/c8-7(9,10)4-12-6-5(13(14)15)2-1-3-11-6/h1-3H,4H2,(H,11,12). The van der Waals surface area contributed by atoms with E-state index in [0.717, 1.165) is 6.07 Å². The third-order valence-electron chi connectivity index (χ3n) is 1.44. The van der Waals surface area contributed by atoms with Gasteiger partial charge in [0.15, 0.2) is 0 Å². The molecule has 1 heterocycles. The van der Waals surface area contributed by atoms with Gasteiger partial charge in [-0.05, 0) is 6.07 Å². The van der Waals surface area contributed by atoms with Gasteiger partial charge in [0, 0.05) is 12.3 Å². The second-order valence-electron chi connectivity index (χ2n) is 2.60. The summed E-state index contributed by atoms with van der Waals surface area (Å²) in [5.74, 6) is -0.389. The molecule has 15 heavy (non-hydrogen) atoms. The van der Waals surface area contributed by atoms with Crippen LogP contribution in [0.15, 0.2) is 18.3 Å². The van der Waals surface area contributed by atoms with Crippen molar-refractivity contribution in [3.63, 3.8) is 0 Å². The lowest BCUT2D eigenvalue weighted by atomic mass is 10.4. The average Bonchev–Trinajstić information content (AvgIpc) is 2.14. The van der Waals surface area contributed by atoms with Crippen molar-refractivity contribution in [1.82, 2.24) is 4.98 Å². The van der Waals surface area contributed by atoms with E-state index in [0.29, 0.717) is 0 Å². The molecule has 0 unspecified atom stereocenters. The van der Waals surface area contributed by atoms with Crippen LogP contribution >= 0.6 is 0 Å². The van der Waals surface area contributed by atoms with E-state index < -0.39 is 23.3 Å². The molecule has 0 atom stereocenters. The number of alkyl halides is 3. The van der Waals surface area contributed by atoms with Crippen LogP contribution in [0.1, 0.15) is 0 Å². The van der Waals surface area contributed by atoms with Crippen molar-refractivity contribution in [2.75, 3.05) is 11.9 Å². The predicted molar refractivity (Wildman–Crippen MR) is 45.4 cm³/mol. The number of hydrogen-bond donors (Lipinski definition) is 1. The van der Waals surface area contributed by atoms with Gasteiger partial charge in [-0.15, -0.1) is 0 Å². The molecule has 0 bridgehead atoms. The minimum Gasteiger partial charge on any atom is -0.355 e. The third kappa shape index (κ3) is 3.41. The number of aromatic nitrogens is 1. The van der Waals surface area contributed by atoms with Crippen molar-refractivity contribution in [3.8, 4) is 0 Å². The van der Waals surface area contributed by atoms with Crippen LogP contribution in [0.2, 0.25) is 0 Å². The molecular weight excluding hydrogens is 215 g/mol. The van der Waals surface area contributed by atoms with Crippen molar-refractivity contribution >= 4 is 11.5 Å². The topological polar surface area (TPSA) is 68.1 Å². The van der Waals surface area contributed by atoms with Crippen LogP contribution < -0.4 is 5.32 Å². The van der Waals surface area contributed by atoms with Crippen molar-refractivity contribution in [1.29, 1.82) is 0 Å². The Balaban J connectivity index is 2.81. The highest BCUT2D eigenvalue weighted by Gasteiger charge is 2.28. The Morgan fingerprint density at radius 3 is 2.73 bits per heavy atom. The van der Waals surface area contributed by atoms with Crippen LogP contribution in [0, 0.1) is 10.1 Å². The van der Waals surface area contributed by atoms with Crippen molar-refractivity contribution in [3.05, 3.63) is 28.4 Å². The van der Waals surface area contributed by atoms with Crippen LogP contribution in [0.4, 0.5) is 24.7 Å². The maximum absolute atomic E-state index is 11.8. The first-order chi connectivity index (χ1) is 6.90. The lowest BCUT2D eigenvalue weighted by Gasteiger charge is -2.08. The highest BCUT2D eigenvalue weighted by atomic mass is 19.4. The summed E-state index contributed by atoms with van der Waals surface area (Å²) in [6.45, 7) is -1.36. The molecule has 0 aliphatic rings. The molecule has 1 rings (SSSR count). The molecular formula is C7H6F3N3O2. The van der Waals surface area contributed by atoms with E-state index in [1.165, 1.54) is 12.3 Å². The molecule has 0 radical (unpaired) electrons. The van der Waals surface area contributed by atoms with Gasteiger partial charge in [-0.2, -0.15) is 13.2 Å². The zero-order chi connectivity index (χ0) is 11.5.